The van der Waals surface area contributed by atoms with Gasteiger partial charge < -0.3 is 5.32 Å². The highest BCUT2D eigenvalue weighted by atomic mass is 32.2. The molecule has 0 spiro atoms. The minimum Gasteiger partial charge on any atom is -0.357 e. The molecular formula is C18H20N2S. The third-order valence-corrected chi connectivity index (χ3v) is 4.80. The van der Waals surface area contributed by atoms with Gasteiger partial charge in [-0.25, -0.2) is 0 Å². The molecular weight excluding hydrogens is 276 g/mol. The van der Waals surface area contributed by atoms with E-state index in [0.29, 0.717) is 6.04 Å². The molecule has 1 heterocycles. The second kappa shape index (κ2) is 6.81. The zero-order valence-electron chi connectivity index (χ0n) is 12.3. The standard InChI is InChI=1S/C18H20N2S/c1-14-7-5-6-8-15(14)11-12-19-18-20-17(13-21-18)16-9-3-2-4-10-16/h2-10,17H,11-13H2,1H3,(H,19,20). The van der Waals surface area contributed by atoms with Gasteiger partial charge in [-0.15, -0.1) is 0 Å². The topological polar surface area (TPSA) is 24.4 Å². The predicted octanol–water partition coefficient (Wildman–Crippen LogP) is 3.97. The molecule has 1 N–H and O–H groups in total. The van der Waals surface area contributed by atoms with Crippen molar-refractivity contribution >= 4 is 16.9 Å². The molecule has 1 fully saturated rings. The van der Waals surface area contributed by atoms with Crippen molar-refractivity contribution in [3.05, 3.63) is 71.3 Å². The molecule has 0 amide bonds. The van der Waals surface area contributed by atoms with Crippen LogP contribution in [0.4, 0.5) is 0 Å². The lowest BCUT2D eigenvalue weighted by molar-refractivity contribution is 0.748. The van der Waals surface area contributed by atoms with Crippen molar-refractivity contribution in [2.24, 2.45) is 4.99 Å². The SMILES string of the molecule is Cc1ccccc1CCN=C1NC(c2ccccc2)CS1. The summed E-state index contributed by atoms with van der Waals surface area (Å²) in [5.41, 5.74) is 4.09. The van der Waals surface area contributed by atoms with Gasteiger partial charge in [0.05, 0.1) is 6.04 Å². The highest BCUT2D eigenvalue weighted by Gasteiger charge is 2.21. The van der Waals surface area contributed by atoms with E-state index >= 15 is 0 Å². The molecule has 0 radical (unpaired) electrons. The number of hydrogen-bond acceptors (Lipinski definition) is 2. The second-order valence-electron chi connectivity index (χ2n) is 5.28. The Kier molecular flexibility index (Phi) is 4.61. The van der Waals surface area contributed by atoms with Crippen LogP contribution >= 0.6 is 11.8 Å². The number of rotatable bonds is 4. The normalized spacial score (nSPS) is 19.7. The van der Waals surface area contributed by atoms with Crippen molar-refractivity contribution in [1.82, 2.24) is 5.32 Å². The number of aliphatic imine (C=N–C) groups is 1. The summed E-state index contributed by atoms with van der Waals surface area (Å²) >= 11 is 1.82. The Bertz CT molecular complexity index is 622. The third kappa shape index (κ3) is 3.67. The van der Waals surface area contributed by atoms with E-state index in [4.69, 9.17) is 4.99 Å². The Hall–Kier alpha value is -1.74. The average molecular weight is 296 g/mol. The molecule has 2 nitrogen and oxygen atoms in total. The zero-order chi connectivity index (χ0) is 14.5. The van der Waals surface area contributed by atoms with E-state index in [9.17, 15) is 0 Å². The molecule has 0 saturated carbocycles. The predicted molar refractivity (Wildman–Crippen MR) is 92.0 cm³/mol. The summed E-state index contributed by atoms with van der Waals surface area (Å²) in [5.74, 6) is 1.06. The van der Waals surface area contributed by atoms with E-state index in [1.165, 1.54) is 16.7 Å². The van der Waals surface area contributed by atoms with Crippen LogP contribution in [-0.4, -0.2) is 17.5 Å². The lowest BCUT2D eigenvalue weighted by Gasteiger charge is -2.09. The van der Waals surface area contributed by atoms with Gasteiger partial charge in [0.1, 0.15) is 0 Å². The molecule has 0 bridgehead atoms. The Balaban J connectivity index is 1.56. The molecule has 2 aromatic carbocycles. The number of benzene rings is 2. The van der Waals surface area contributed by atoms with Crippen molar-refractivity contribution < 1.29 is 0 Å². The quantitative estimate of drug-likeness (QED) is 0.923. The van der Waals surface area contributed by atoms with Gasteiger partial charge in [-0.05, 0) is 30.0 Å². The van der Waals surface area contributed by atoms with Crippen LogP contribution in [0.5, 0.6) is 0 Å². The van der Waals surface area contributed by atoms with Crippen molar-refractivity contribution in [2.45, 2.75) is 19.4 Å². The van der Waals surface area contributed by atoms with Crippen LogP contribution in [0.25, 0.3) is 0 Å². The molecule has 1 aliphatic rings. The van der Waals surface area contributed by atoms with E-state index in [1.807, 2.05) is 11.8 Å². The lowest BCUT2D eigenvalue weighted by atomic mass is 10.1. The maximum atomic E-state index is 4.70. The fraction of sp³-hybridized carbons (Fsp3) is 0.278. The van der Waals surface area contributed by atoms with Crippen LogP contribution < -0.4 is 5.32 Å². The minimum absolute atomic E-state index is 0.397. The first kappa shape index (κ1) is 14.2. The fourth-order valence-electron chi connectivity index (χ4n) is 2.52. The van der Waals surface area contributed by atoms with Crippen molar-refractivity contribution in [2.75, 3.05) is 12.3 Å². The molecule has 3 heteroatoms. The molecule has 1 aliphatic heterocycles. The van der Waals surface area contributed by atoms with E-state index in [-0.39, 0.29) is 0 Å². The van der Waals surface area contributed by atoms with Gasteiger partial charge in [-0.3, -0.25) is 4.99 Å². The average Bonchev–Trinajstić information content (AvgIpc) is 2.99. The molecule has 1 saturated heterocycles. The van der Waals surface area contributed by atoms with Gasteiger partial charge >= 0.3 is 0 Å². The molecule has 21 heavy (non-hydrogen) atoms. The summed E-state index contributed by atoms with van der Waals surface area (Å²) in [7, 11) is 0. The van der Waals surface area contributed by atoms with Crippen molar-refractivity contribution in [1.29, 1.82) is 0 Å². The number of hydrogen-bond donors (Lipinski definition) is 1. The maximum absolute atomic E-state index is 4.70. The first-order valence-corrected chi connectivity index (χ1v) is 8.35. The van der Waals surface area contributed by atoms with Gasteiger partial charge in [0.15, 0.2) is 5.17 Å². The van der Waals surface area contributed by atoms with Crippen LogP contribution in [0.2, 0.25) is 0 Å². The van der Waals surface area contributed by atoms with Crippen LogP contribution in [0.15, 0.2) is 59.6 Å². The monoisotopic (exact) mass is 296 g/mol. The fourth-order valence-corrected chi connectivity index (χ4v) is 3.53. The van der Waals surface area contributed by atoms with Crippen LogP contribution in [0.3, 0.4) is 0 Å². The van der Waals surface area contributed by atoms with Gasteiger partial charge in [0.25, 0.3) is 0 Å². The molecule has 1 atom stereocenters. The Morgan fingerprint density at radius 3 is 2.67 bits per heavy atom. The first-order valence-electron chi connectivity index (χ1n) is 7.36. The Morgan fingerprint density at radius 2 is 1.86 bits per heavy atom. The molecule has 0 aromatic heterocycles. The van der Waals surface area contributed by atoms with Crippen molar-refractivity contribution in [3.8, 4) is 0 Å². The van der Waals surface area contributed by atoms with Gasteiger partial charge in [-0.1, -0.05) is 66.4 Å². The highest BCUT2D eigenvalue weighted by Crippen LogP contribution is 2.25. The molecule has 2 aromatic rings. The molecule has 3 rings (SSSR count). The maximum Gasteiger partial charge on any atom is 0.157 e. The summed E-state index contributed by atoms with van der Waals surface area (Å²) in [6, 6.07) is 19.5. The number of thioether (sulfide) groups is 1. The van der Waals surface area contributed by atoms with E-state index in [0.717, 1.165) is 23.9 Å². The third-order valence-electron chi connectivity index (χ3n) is 3.78. The highest BCUT2D eigenvalue weighted by molar-refractivity contribution is 8.14. The number of aryl methyl sites for hydroxylation is 1. The molecule has 1 unspecified atom stereocenters. The zero-order valence-corrected chi connectivity index (χ0v) is 13.1. The first-order chi connectivity index (χ1) is 10.3. The summed E-state index contributed by atoms with van der Waals surface area (Å²) in [5, 5.41) is 4.60. The van der Waals surface area contributed by atoms with Crippen LogP contribution in [0.1, 0.15) is 22.7 Å². The Morgan fingerprint density at radius 1 is 1.10 bits per heavy atom. The van der Waals surface area contributed by atoms with Crippen molar-refractivity contribution in [3.63, 3.8) is 0 Å². The van der Waals surface area contributed by atoms with E-state index < -0.39 is 0 Å². The number of nitrogens with zero attached hydrogens (tertiary/aromatic N) is 1. The minimum atomic E-state index is 0.397. The second-order valence-corrected chi connectivity index (χ2v) is 6.29. The number of nitrogens with one attached hydrogen (secondary N) is 1. The van der Waals surface area contributed by atoms with Crippen LogP contribution in [0, 0.1) is 6.92 Å². The van der Waals surface area contributed by atoms with Gasteiger partial charge in [0, 0.05) is 12.3 Å². The van der Waals surface area contributed by atoms with E-state index in [2.05, 4.69) is 66.8 Å². The summed E-state index contributed by atoms with van der Waals surface area (Å²) in [6.07, 6.45) is 1.01. The molecule has 108 valence electrons. The largest absolute Gasteiger partial charge is 0.357 e. The molecule has 0 aliphatic carbocycles. The van der Waals surface area contributed by atoms with Gasteiger partial charge in [0.2, 0.25) is 0 Å². The van der Waals surface area contributed by atoms with Crippen LogP contribution in [-0.2, 0) is 6.42 Å². The lowest BCUT2D eigenvalue weighted by Crippen LogP contribution is -2.19. The van der Waals surface area contributed by atoms with Gasteiger partial charge in [-0.2, -0.15) is 0 Å². The summed E-state index contributed by atoms with van der Waals surface area (Å²) in [6.45, 7) is 3.01. The smallest absolute Gasteiger partial charge is 0.157 e. The summed E-state index contributed by atoms with van der Waals surface area (Å²) < 4.78 is 0. The number of amidine groups is 1. The summed E-state index contributed by atoms with van der Waals surface area (Å²) in [4.78, 5) is 4.70. The Labute approximate surface area is 130 Å². The van der Waals surface area contributed by atoms with E-state index in [1.54, 1.807) is 0 Å².